The first kappa shape index (κ1) is 11.8. The summed E-state index contributed by atoms with van der Waals surface area (Å²) in [5.74, 6) is -0.277. The van der Waals surface area contributed by atoms with Gasteiger partial charge in [-0.25, -0.2) is 0 Å². The minimum atomic E-state index is -0.277. The molecular formula is C10H8Cl2N2O. The average molecular weight is 243 g/mol. The molecule has 0 N–H and O–H groups in total. The lowest BCUT2D eigenvalue weighted by atomic mass is 10.2. The lowest BCUT2D eigenvalue weighted by Gasteiger charge is -2.13. The highest BCUT2D eigenvalue weighted by molar-refractivity contribution is 6.35. The quantitative estimate of drug-likeness (QED) is 0.749. The van der Waals surface area contributed by atoms with Gasteiger partial charge in [0, 0.05) is 22.7 Å². The molecule has 1 rings (SSSR count). The number of halogens is 2. The molecule has 0 saturated heterocycles. The van der Waals surface area contributed by atoms with Gasteiger partial charge in [-0.1, -0.05) is 23.2 Å². The molecule has 0 aliphatic rings. The van der Waals surface area contributed by atoms with Crippen LogP contribution in [0.3, 0.4) is 0 Å². The Labute approximate surface area is 97.8 Å². The van der Waals surface area contributed by atoms with Crippen LogP contribution in [0.4, 0.5) is 0 Å². The summed E-state index contributed by atoms with van der Waals surface area (Å²) in [5, 5.41) is 9.24. The van der Waals surface area contributed by atoms with Gasteiger partial charge in [0.05, 0.1) is 6.07 Å². The molecule has 0 spiro atoms. The first-order valence-electron chi connectivity index (χ1n) is 4.13. The molecule has 5 heteroatoms. The van der Waals surface area contributed by atoms with Crippen LogP contribution in [-0.4, -0.2) is 24.4 Å². The van der Waals surface area contributed by atoms with Crippen LogP contribution in [0.15, 0.2) is 18.2 Å². The van der Waals surface area contributed by atoms with Crippen LogP contribution in [0.2, 0.25) is 10.0 Å². The van der Waals surface area contributed by atoms with E-state index >= 15 is 0 Å². The van der Waals surface area contributed by atoms with Crippen molar-refractivity contribution in [3.05, 3.63) is 33.8 Å². The average Bonchev–Trinajstić information content (AvgIpc) is 2.15. The number of carbonyl (C=O) groups excluding carboxylic acids is 1. The molecule has 0 aliphatic carbocycles. The zero-order valence-electron chi connectivity index (χ0n) is 8.00. The van der Waals surface area contributed by atoms with Gasteiger partial charge in [0.25, 0.3) is 5.91 Å². The lowest BCUT2D eigenvalue weighted by molar-refractivity contribution is 0.0812. The SMILES string of the molecule is CN(CC#N)C(=O)c1cc(Cl)cc(Cl)c1. The zero-order valence-corrected chi connectivity index (χ0v) is 9.51. The molecule has 0 saturated carbocycles. The summed E-state index contributed by atoms with van der Waals surface area (Å²) >= 11 is 11.5. The first-order chi connectivity index (χ1) is 7.04. The molecule has 78 valence electrons. The normalized spacial score (nSPS) is 9.47. The summed E-state index contributed by atoms with van der Waals surface area (Å²) in [6.45, 7) is 0.0307. The van der Waals surface area contributed by atoms with Crippen molar-refractivity contribution >= 4 is 29.1 Å². The van der Waals surface area contributed by atoms with Crippen molar-refractivity contribution in [3.8, 4) is 6.07 Å². The van der Waals surface area contributed by atoms with E-state index in [0.29, 0.717) is 15.6 Å². The summed E-state index contributed by atoms with van der Waals surface area (Å²) in [7, 11) is 1.54. The second kappa shape index (κ2) is 5.01. The number of hydrogen-bond donors (Lipinski definition) is 0. The Morgan fingerprint density at radius 1 is 1.40 bits per heavy atom. The van der Waals surface area contributed by atoms with Crippen molar-refractivity contribution < 1.29 is 4.79 Å². The third-order valence-corrected chi connectivity index (χ3v) is 2.20. The smallest absolute Gasteiger partial charge is 0.254 e. The molecule has 1 amide bonds. The Balaban J connectivity index is 2.97. The molecule has 0 atom stereocenters. The topological polar surface area (TPSA) is 44.1 Å². The number of nitriles is 1. The van der Waals surface area contributed by atoms with Crippen molar-refractivity contribution in [2.45, 2.75) is 0 Å². The fourth-order valence-corrected chi connectivity index (χ4v) is 1.60. The first-order valence-corrected chi connectivity index (χ1v) is 4.88. The fraction of sp³-hybridized carbons (Fsp3) is 0.200. The van der Waals surface area contributed by atoms with Gasteiger partial charge in [-0.3, -0.25) is 4.79 Å². The molecular weight excluding hydrogens is 235 g/mol. The van der Waals surface area contributed by atoms with E-state index in [1.807, 2.05) is 6.07 Å². The van der Waals surface area contributed by atoms with Crippen LogP contribution in [0.1, 0.15) is 10.4 Å². The van der Waals surface area contributed by atoms with E-state index in [2.05, 4.69) is 0 Å². The van der Waals surface area contributed by atoms with Crippen LogP contribution in [-0.2, 0) is 0 Å². The van der Waals surface area contributed by atoms with Crippen LogP contribution in [0.5, 0.6) is 0 Å². The molecule has 0 unspecified atom stereocenters. The summed E-state index contributed by atoms with van der Waals surface area (Å²) in [5.41, 5.74) is 0.380. The van der Waals surface area contributed by atoms with E-state index in [1.54, 1.807) is 13.1 Å². The van der Waals surface area contributed by atoms with E-state index < -0.39 is 0 Å². The summed E-state index contributed by atoms with van der Waals surface area (Å²) < 4.78 is 0. The van der Waals surface area contributed by atoms with Gasteiger partial charge in [-0.05, 0) is 18.2 Å². The van der Waals surface area contributed by atoms with E-state index in [-0.39, 0.29) is 12.5 Å². The molecule has 1 aromatic rings. The highest BCUT2D eigenvalue weighted by Crippen LogP contribution is 2.19. The zero-order chi connectivity index (χ0) is 11.4. The molecule has 15 heavy (non-hydrogen) atoms. The number of benzene rings is 1. The van der Waals surface area contributed by atoms with Crippen LogP contribution in [0, 0.1) is 11.3 Å². The fourth-order valence-electron chi connectivity index (χ4n) is 1.08. The largest absolute Gasteiger partial charge is 0.328 e. The molecule has 0 bridgehead atoms. The van der Waals surface area contributed by atoms with Crippen molar-refractivity contribution in [2.75, 3.05) is 13.6 Å². The van der Waals surface area contributed by atoms with Gasteiger partial charge in [0.15, 0.2) is 0 Å². The highest BCUT2D eigenvalue weighted by atomic mass is 35.5. The Kier molecular flexibility index (Phi) is 3.96. The standard InChI is InChI=1S/C10H8Cl2N2O/c1-14(3-2-13)10(15)7-4-8(11)6-9(12)5-7/h4-6H,3H2,1H3. The molecule has 0 aromatic heterocycles. The summed E-state index contributed by atoms with van der Waals surface area (Å²) in [6, 6.07) is 6.47. The maximum atomic E-state index is 11.7. The molecule has 0 heterocycles. The van der Waals surface area contributed by atoms with Crippen LogP contribution < -0.4 is 0 Å². The maximum absolute atomic E-state index is 11.7. The minimum absolute atomic E-state index is 0.0307. The van der Waals surface area contributed by atoms with Crippen molar-refractivity contribution in [1.29, 1.82) is 5.26 Å². The number of nitrogens with zero attached hydrogens (tertiary/aromatic N) is 2. The van der Waals surface area contributed by atoms with Gasteiger partial charge in [0.2, 0.25) is 0 Å². The lowest BCUT2D eigenvalue weighted by Crippen LogP contribution is -2.26. The molecule has 3 nitrogen and oxygen atoms in total. The van der Waals surface area contributed by atoms with Gasteiger partial charge < -0.3 is 4.90 Å². The predicted octanol–water partition coefficient (Wildman–Crippen LogP) is 2.59. The highest BCUT2D eigenvalue weighted by Gasteiger charge is 2.12. The van der Waals surface area contributed by atoms with E-state index in [9.17, 15) is 4.79 Å². The second-order valence-corrected chi connectivity index (χ2v) is 3.85. The van der Waals surface area contributed by atoms with E-state index in [0.717, 1.165) is 0 Å². The third kappa shape index (κ3) is 3.12. The third-order valence-electron chi connectivity index (χ3n) is 1.76. The summed E-state index contributed by atoms with van der Waals surface area (Å²) in [6.07, 6.45) is 0. The molecule has 0 aliphatic heterocycles. The molecule has 0 radical (unpaired) electrons. The Bertz CT molecular complexity index is 406. The summed E-state index contributed by atoms with van der Waals surface area (Å²) in [4.78, 5) is 13.0. The Hall–Kier alpha value is -1.24. The van der Waals surface area contributed by atoms with Gasteiger partial charge >= 0.3 is 0 Å². The Morgan fingerprint density at radius 3 is 2.40 bits per heavy atom. The van der Waals surface area contributed by atoms with Crippen molar-refractivity contribution in [1.82, 2.24) is 4.90 Å². The number of carbonyl (C=O) groups is 1. The second-order valence-electron chi connectivity index (χ2n) is 2.98. The van der Waals surface area contributed by atoms with E-state index in [1.165, 1.54) is 17.0 Å². The monoisotopic (exact) mass is 242 g/mol. The minimum Gasteiger partial charge on any atom is -0.328 e. The van der Waals surface area contributed by atoms with Crippen LogP contribution in [0.25, 0.3) is 0 Å². The molecule has 1 aromatic carbocycles. The van der Waals surface area contributed by atoms with Crippen molar-refractivity contribution in [2.24, 2.45) is 0 Å². The van der Waals surface area contributed by atoms with Gasteiger partial charge in [-0.15, -0.1) is 0 Å². The number of rotatable bonds is 2. The number of hydrogen-bond acceptors (Lipinski definition) is 2. The van der Waals surface area contributed by atoms with Gasteiger partial charge in [-0.2, -0.15) is 5.26 Å². The van der Waals surface area contributed by atoms with Crippen molar-refractivity contribution in [3.63, 3.8) is 0 Å². The van der Waals surface area contributed by atoms with Crippen LogP contribution >= 0.6 is 23.2 Å². The Morgan fingerprint density at radius 2 is 1.93 bits per heavy atom. The van der Waals surface area contributed by atoms with Gasteiger partial charge in [0.1, 0.15) is 6.54 Å². The molecule has 0 fully saturated rings. The maximum Gasteiger partial charge on any atom is 0.254 e. The predicted molar refractivity (Wildman–Crippen MR) is 59.0 cm³/mol. The number of amides is 1. The van der Waals surface area contributed by atoms with E-state index in [4.69, 9.17) is 28.5 Å².